The lowest BCUT2D eigenvalue weighted by molar-refractivity contribution is 0.178. The number of fused-ring (bicyclic) bond motifs is 1. The van der Waals surface area contributed by atoms with E-state index in [0.29, 0.717) is 0 Å². The molecule has 2 N–H and O–H groups in total. The number of benzene rings is 1. The minimum atomic E-state index is -0.188. The average molecular weight is 276 g/mol. The highest BCUT2D eigenvalue weighted by molar-refractivity contribution is 5.19. The van der Waals surface area contributed by atoms with Gasteiger partial charge in [-0.3, -0.25) is 0 Å². The zero-order valence-corrected chi connectivity index (χ0v) is 12.1. The van der Waals surface area contributed by atoms with Crippen LogP contribution in [0.3, 0.4) is 0 Å². The molecule has 1 heterocycles. The van der Waals surface area contributed by atoms with Crippen LogP contribution < -0.4 is 5.73 Å². The largest absolute Gasteiger partial charge is 0.324 e. The van der Waals surface area contributed by atoms with Crippen LogP contribution in [0.15, 0.2) is 24.3 Å². The van der Waals surface area contributed by atoms with Crippen molar-refractivity contribution in [1.29, 1.82) is 0 Å². The summed E-state index contributed by atoms with van der Waals surface area (Å²) in [5.41, 5.74) is 7.14. The van der Waals surface area contributed by atoms with Crippen molar-refractivity contribution in [1.82, 2.24) is 4.90 Å². The van der Waals surface area contributed by atoms with E-state index in [4.69, 9.17) is 5.73 Å². The van der Waals surface area contributed by atoms with E-state index in [9.17, 15) is 4.39 Å². The van der Waals surface area contributed by atoms with Gasteiger partial charge in [-0.1, -0.05) is 25.0 Å². The van der Waals surface area contributed by atoms with Gasteiger partial charge >= 0.3 is 0 Å². The van der Waals surface area contributed by atoms with E-state index < -0.39 is 0 Å². The maximum Gasteiger partial charge on any atom is 0.123 e. The summed E-state index contributed by atoms with van der Waals surface area (Å²) in [6.07, 6.45) is 7.86. The summed E-state index contributed by atoms with van der Waals surface area (Å²) >= 11 is 0. The number of nitrogens with two attached hydrogens (primary N) is 1. The molecular formula is C17H25FN2. The number of hydrogen-bond acceptors (Lipinski definition) is 2. The molecule has 1 saturated heterocycles. The first-order chi connectivity index (χ1) is 9.74. The first-order valence-corrected chi connectivity index (χ1v) is 7.99. The fraction of sp³-hybridized carbons (Fsp3) is 0.647. The van der Waals surface area contributed by atoms with Gasteiger partial charge in [-0.05, 0) is 55.8 Å². The Bertz CT molecular complexity index is 448. The maximum atomic E-state index is 13.2. The standard InChI is InChI=1S/C17H25FN2/c18-15-6-3-5-14(12-15)16(19)9-11-20-10-8-13-4-1-2-7-17(13)20/h3,5-6,12-13,16-17H,1-2,4,7-11,19H2. The Kier molecular flexibility index (Phi) is 4.37. The van der Waals surface area contributed by atoms with E-state index >= 15 is 0 Å². The quantitative estimate of drug-likeness (QED) is 0.912. The van der Waals surface area contributed by atoms with Crippen molar-refractivity contribution in [3.05, 3.63) is 35.6 Å². The van der Waals surface area contributed by atoms with Crippen LogP contribution in [0.4, 0.5) is 4.39 Å². The van der Waals surface area contributed by atoms with Crippen molar-refractivity contribution in [2.75, 3.05) is 13.1 Å². The number of halogens is 1. The Hall–Kier alpha value is -0.930. The number of nitrogens with zero attached hydrogens (tertiary/aromatic N) is 1. The summed E-state index contributed by atoms with van der Waals surface area (Å²) in [6, 6.07) is 7.47. The Morgan fingerprint density at radius 3 is 2.95 bits per heavy atom. The second-order valence-corrected chi connectivity index (χ2v) is 6.39. The molecule has 0 bridgehead atoms. The molecule has 1 aliphatic carbocycles. The smallest absolute Gasteiger partial charge is 0.123 e. The van der Waals surface area contributed by atoms with E-state index in [1.807, 2.05) is 6.07 Å². The lowest BCUT2D eigenvalue weighted by atomic mass is 9.85. The summed E-state index contributed by atoms with van der Waals surface area (Å²) in [5.74, 6) is 0.737. The minimum absolute atomic E-state index is 0.0478. The highest BCUT2D eigenvalue weighted by atomic mass is 19.1. The Morgan fingerprint density at radius 2 is 2.10 bits per heavy atom. The predicted octanol–water partition coefficient (Wildman–Crippen LogP) is 3.48. The predicted molar refractivity (Wildman–Crippen MR) is 79.9 cm³/mol. The molecule has 2 nitrogen and oxygen atoms in total. The van der Waals surface area contributed by atoms with Crippen molar-refractivity contribution < 1.29 is 4.39 Å². The van der Waals surface area contributed by atoms with Gasteiger partial charge in [0.25, 0.3) is 0 Å². The Balaban J connectivity index is 1.54. The zero-order valence-electron chi connectivity index (χ0n) is 12.1. The molecule has 1 saturated carbocycles. The van der Waals surface area contributed by atoms with Crippen LogP contribution in [0.25, 0.3) is 0 Å². The third-order valence-electron chi connectivity index (χ3n) is 5.13. The van der Waals surface area contributed by atoms with E-state index in [-0.39, 0.29) is 11.9 Å². The van der Waals surface area contributed by atoms with Crippen molar-refractivity contribution in [3.63, 3.8) is 0 Å². The van der Waals surface area contributed by atoms with Crippen LogP contribution in [-0.2, 0) is 0 Å². The zero-order chi connectivity index (χ0) is 13.9. The molecule has 1 aliphatic heterocycles. The molecule has 0 amide bonds. The van der Waals surface area contributed by atoms with Gasteiger partial charge in [0, 0.05) is 18.6 Å². The van der Waals surface area contributed by atoms with Crippen molar-refractivity contribution >= 4 is 0 Å². The summed E-state index contributed by atoms with van der Waals surface area (Å²) in [7, 11) is 0. The van der Waals surface area contributed by atoms with E-state index in [2.05, 4.69) is 4.90 Å². The van der Waals surface area contributed by atoms with Crippen molar-refractivity contribution in [2.45, 2.75) is 50.6 Å². The number of hydrogen-bond donors (Lipinski definition) is 1. The molecule has 0 radical (unpaired) electrons. The van der Waals surface area contributed by atoms with Crippen LogP contribution >= 0.6 is 0 Å². The highest BCUT2D eigenvalue weighted by Gasteiger charge is 2.35. The summed E-state index contributed by atoms with van der Waals surface area (Å²) < 4.78 is 13.2. The van der Waals surface area contributed by atoms with Crippen LogP contribution in [-0.4, -0.2) is 24.0 Å². The number of rotatable bonds is 4. The Morgan fingerprint density at radius 1 is 1.25 bits per heavy atom. The van der Waals surface area contributed by atoms with Crippen LogP contribution in [0.2, 0.25) is 0 Å². The molecule has 3 atom stereocenters. The van der Waals surface area contributed by atoms with Crippen molar-refractivity contribution in [2.24, 2.45) is 11.7 Å². The second kappa shape index (κ2) is 6.23. The molecule has 1 aromatic carbocycles. The molecule has 0 spiro atoms. The van der Waals surface area contributed by atoms with Gasteiger partial charge < -0.3 is 10.6 Å². The lowest BCUT2D eigenvalue weighted by Gasteiger charge is -2.32. The second-order valence-electron chi connectivity index (χ2n) is 6.39. The fourth-order valence-electron chi connectivity index (χ4n) is 3.99. The van der Waals surface area contributed by atoms with E-state index in [1.54, 1.807) is 12.1 Å². The molecular weight excluding hydrogens is 251 g/mol. The van der Waals surface area contributed by atoms with Gasteiger partial charge in [0.05, 0.1) is 0 Å². The molecule has 2 fully saturated rings. The fourth-order valence-corrected chi connectivity index (χ4v) is 3.99. The molecule has 3 unspecified atom stereocenters. The topological polar surface area (TPSA) is 29.3 Å². The first-order valence-electron chi connectivity index (χ1n) is 7.99. The van der Waals surface area contributed by atoms with Gasteiger partial charge in [0.15, 0.2) is 0 Å². The SMILES string of the molecule is NC(CCN1CCC2CCCCC21)c1cccc(F)c1. The summed E-state index contributed by atoms with van der Waals surface area (Å²) in [6.45, 7) is 2.28. The molecule has 2 aliphatic rings. The maximum absolute atomic E-state index is 13.2. The molecule has 3 heteroatoms. The molecule has 3 rings (SSSR count). The lowest BCUT2D eigenvalue weighted by Crippen LogP contribution is -2.36. The van der Waals surface area contributed by atoms with Gasteiger partial charge in [-0.25, -0.2) is 4.39 Å². The summed E-state index contributed by atoms with van der Waals surface area (Å²) in [5, 5.41) is 0. The van der Waals surface area contributed by atoms with Gasteiger partial charge in [0.2, 0.25) is 0 Å². The average Bonchev–Trinajstić information content (AvgIpc) is 2.88. The van der Waals surface area contributed by atoms with Crippen LogP contribution in [0, 0.1) is 11.7 Å². The number of likely N-dealkylation sites (tertiary alicyclic amines) is 1. The van der Waals surface area contributed by atoms with E-state index in [1.165, 1.54) is 44.7 Å². The van der Waals surface area contributed by atoms with Crippen molar-refractivity contribution in [3.8, 4) is 0 Å². The monoisotopic (exact) mass is 276 g/mol. The molecule has 1 aromatic rings. The van der Waals surface area contributed by atoms with Gasteiger partial charge in [-0.15, -0.1) is 0 Å². The highest BCUT2D eigenvalue weighted by Crippen LogP contribution is 2.36. The minimum Gasteiger partial charge on any atom is -0.324 e. The van der Waals surface area contributed by atoms with Gasteiger partial charge in [0.1, 0.15) is 5.82 Å². The Labute approximate surface area is 121 Å². The van der Waals surface area contributed by atoms with Gasteiger partial charge in [-0.2, -0.15) is 0 Å². The van der Waals surface area contributed by atoms with Crippen LogP contribution in [0.1, 0.15) is 50.1 Å². The van der Waals surface area contributed by atoms with E-state index in [0.717, 1.165) is 30.5 Å². The molecule has 110 valence electrons. The molecule has 20 heavy (non-hydrogen) atoms. The third kappa shape index (κ3) is 3.04. The first kappa shape index (κ1) is 14.0. The summed E-state index contributed by atoms with van der Waals surface area (Å²) in [4.78, 5) is 2.63. The normalized spacial score (nSPS) is 28.3. The van der Waals surface area contributed by atoms with Crippen LogP contribution in [0.5, 0.6) is 0 Å². The molecule has 0 aromatic heterocycles. The third-order valence-corrected chi connectivity index (χ3v) is 5.13.